The summed E-state index contributed by atoms with van der Waals surface area (Å²) >= 11 is 0. The highest BCUT2D eigenvalue weighted by molar-refractivity contribution is 5.85. The summed E-state index contributed by atoms with van der Waals surface area (Å²) in [5, 5.41) is 12.0. The average Bonchev–Trinajstić information content (AvgIpc) is 2.36. The van der Waals surface area contributed by atoms with Crippen LogP contribution in [0.15, 0.2) is 18.2 Å². The van der Waals surface area contributed by atoms with Crippen LogP contribution in [0.4, 0.5) is 5.82 Å². The lowest BCUT2D eigenvalue weighted by atomic mass is 9.80. The highest BCUT2D eigenvalue weighted by Gasteiger charge is 2.28. The number of nitrogens with one attached hydrogen (secondary N) is 1. The third kappa shape index (κ3) is 3.92. The van der Waals surface area contributed by atoms with Crippen LogP contribution in [-0.4, -0.2) is 35.3 Å². The molecule has 5 heteroatoms. The first-order chi connectivity index (χ1) is 9.19. The van der Waals surface area contributed by atoms with Gasteiger partial charge in [-0.3, -0.25) is 0 Å². The summed E-state index contributed by atoms with van der Waals surface area (Å²) in [6.45, 7) is 3.64. The van der Waals surface area contributed by atoms with Crippen LogP contribution in [0.1, 0.15) is 36.7 Å². The van der Waals surface area contributed by atoms with E-state index in [1.165, 1.54) is 6.07 Å². The Hall–Kier alpha value is -1.62. The van der Waals surface area contributed by atoms with E-state index in [0.29, 0.717) is 17.8 Å². The van der Waals surface area contributed by atoms with E-state index in [0.717, 1.165) is 32.4 Å². The van der Waals surface area contributed by atoms with Crippen molar-refractivity contribution in [1.29, 1.82) is 0 Å². The Morgan fingerprint density at radius 1 is 1.53 bits per heavy atom. The lowest BCUT2D eigenvalue weighted by Gasteiger charge is -2.35. The Bertz CT molecular complexity index is 430. The Labute approximate surface area is 113 Å². The second kappa shape index (κ2) is 6.52. The van der Waals surface area contributed by atoms with E-state index < -0.39 is 5.97 Å². The third-order valence-electron chi connectivity index (χ3n) is 3.42. The molecule has 0 spiro atoms. The summed E-state index contributed by atoms with van der Waals surface area (Å²) in [5.41, 5.74) is 0.0741. The van der Waals surface area contributed by atoms with Crippen LogP contribution in [0.2, 0.25) is 0 Å². The van der Waals surface area contributed by atoms with Crippen molar-refractivity contribution < 1.29 is 14.6 Å². The van der Waals surface area contributed by atoms with Crippen LogP contribution in [0, 0.1) is 5.92 Å². The van der Waals surface area contributed by atoms with Crippen molar-refractivity contribution >= 4 is 11.8 Å². The number of rotatable bonds is 7. The van der Waals surface area contributed by atoms with E-state index in [4.69, 9.17) is 9.84 Å². The zero-order chi connectivity index (χ0) is 13.7. The smallest absolute Gasteiger partial charge is 0.354 e. The quantitative estimate of drug-likeness (QED) is 0.791. The monoisotopic (exact) mass is 264 g/mol. The van der Waals surface area contributed by atoms with Crippen LogP contribution >= 0.6 is 0 Å². The van der Waals surface area contributed by atoms with E-state index >= 15 is 0 Å². The maximum atomic E-state index is 10.8. The number of nitrogens with zero attached hydrogens (tertiary/aromatic N) is 1. The first-order valence-electron chi connectivity index (χ1n) is 6.75. The minimum absolute atomic E-state index is 0.0741. The zero-order valence-electron chi connectivity index (χ0n) is 11.1. The van der Waals surface area contributed by atoms with Crippen LogP contribution < -0.4 is 5.32 Å². The summed E-state index contributed by atoms with van der Waals surface area (Å²) in [6.07, 6.45) is 3.79. The summed E-state index contributed by atoms with van der Waals surface area (Å²) in [6, 6.07) is 4.98. The van der Waals surface area contributed by atoms with E-state index in [1.807, 2.05) is 6.92 Å². The number of hydrogen-bond donors (Lipinski definition) is 2. The summed E-state index contributed by atoms with van der Waals surface area (Å²) in [5.74, 6) is 0.342. The van der Waals surface area contributed by atoms with Crippen molar-refractivity contribution in [3.05, 3.63) is 23.9 Å². The van der Waals surface area contributed by atoms with Crippen LogP contribution in [0.5, 0.6) is 0 Å². The van der Waals surface area contributed by atoms with Crippen LogP contribution in [0.25, 0.3) is 0 Å². The van der Waals surface area contributed by atoms with Gasteiger partial charge >= 0.3 is 5.97 Å². The molecule has 1 aromatic rings. The number of anilines is 1. The lowest BCUT2D eigenvalue weighted by molar-refractivity contribution is -0.0255. The number of aromatic carboxylic acids is 1. The van der Waals surface area contributed by atoms with Gasteiger partial charge in [-0.15, -0.1) is 0 Å². The second-order valence-electron chi connectivity index (χ2n) is 4.84. The standard InChI is InChI=1S/C14H20N2O3/c1-2-19-11-8-10(9-11)6-7-15-13-5-3-4-12(16-13)14(17)18/h3-5,10-11H,2,6-9H2,1H3,(H,15,16)(H,17,18). The molecule has 1 aliphatic carbocycles. The number of carboxylic acids is 1. The van der Waals surface area contributed by atoms with Gasteiger partial charge in [-0.05, 0) is 44.2 Å². The number of carbonyl (C=O) groups is 1. The SMILES string of the molecule is CCOC1CC(CCNc2cccc(C(=O)O)n2)C1. The second-order valence-corrected chi connectivity index (χ2v) is 4.84. The Morgan fingerprint density at radius 3 is 3.00 bits per heavy atom. The molecule has 0 radical (unpaired) electrons. The number of hydrogen-bond acceptors (Lipinski definition) is 4. The van der Waals surface area contributed by atoms with E-state index in [2.05, 4.69) is 10.3 Å². The van der Waals surface area contributed by atoms with Gasteiger partial charge < -0.3 is 15.2 Å². The number of ether oxygens (including phenoxy) is 1. The summed E-state index contributed by atoms with van der Waals surface area (Å²) < 4.78 is 5.52. The molecule has 2 rings (SSSR count). The lowest BCUT2D eigenvalue weighted by Crippen LogP contribution is -2.32. The maximum absolute atomic E-state index is 10.8. The predicted molar refractivity (Wildman–Crippen MR) is 72.4 cm³/mol. The molecule has 2 N–H and O–H groups in total. The van der Waals surface area contributed by atoms with Crippen molar-refractivity contribution in [2.24, 2.45) is 5.92 Å². The van der Waals surface area contributed by atoms with Gasteiger partial charge in [-0.2, -0.15) is 0 Å². The topological polar surface area (TPSA) is 71.5 Å². The van der Waals surface area contributed by atoms with Gasteiger partial charge in [0, 0.05) is 13.2 Å². The maximum Gasteiger partial charge on any atom is 0.354 e. The fraction of sp³-hybridized carbons (Fsp3) is 0.571. The van der Waals surface area contributed by atoms with Gasteiger partial charge in [-0.25, -0.2) is 9.78 Å². The molecule has 19 heavy (non-hydrogen) atoms. The zero-order valence-corrected chi connectivity index (χ0v) is 11.1. The van der Waals surface area contributed by atoms with Crippen molar-refractivity contribution in [1.82, 2.24) is 4.98 Å². The van der Waals surface area contributed by atoms with Gasteiger partial charge in [0.1, 0.15) is 5.82 Å². The van der Waals surface area contributed by atoms with Gasteiger partial charge in [0.05, 0.1) is 6.10 Å². The van der Waals surface area contributed by atoms with E-state index in [1.54, 1.807) is 12.1 Å². The Kier molecular flexibility index (Phi) is 4.74. The van der Waals surface area contributed by atoms with Crippen LogP contribution in [-0.2, 0) is 4.74 Å². The molecule has 0 amide bonds. The Morgan fingerprint density at radius 2 is 2.32 bits per heavy atom. The molecule has 0 aliphatic heterocycles. The molecule has 0 saturated heterocycles. The van der Waals surface area contributed by atoms with Gasteiger partial charge in [0.25, 0.3) is 0 Å². The molecule has 5 nitrogen and oxygen atoms in total. The number of carboxylic acid groups (broad SMARTS) is 1. The van der Waals surface area contributed by atoms with Gasteiger partial charge in [-0.1, -0.05) is 6.07 Å². The van der Waals surface area contributed by atoms with Crippen molar-refractivity contribution in [2.45, 2.75) is 32.3 Å². The number of pyridine rings is 1. The van der Waals surface area contributed by atoms with Gasteiger partial charge in [0.15, 0.2) is 5.69 Å². The highest BCUT2D eigenvalue weighted by atomic mass is 16.5. The first-order valence-corrected chi connectivity index (χ1v) is 6.75. The average molecular weight is 264 g/mol. The molecule has 1 aliphatic rings. The molecule has 1 aromatic heterocycles. The van der Waals surface area contributed by atoms with Crippen molar-refractivity contribution in [3.8, 4) is 0 Å². The molecule has 1 heterocycles. The van der Waals surface area contributed by atoms with Gasteiger partial charge in [0.2, 0.25) is 0 Å². The van der Waals surface area contributed by atoms with E-state index in [-0.39, 0.29) is 5.69 Å². The van der Waals surface area contributed by atoms with Crippen molar-refractivity contribution in [3.63, 3.8) is 0 Å². The summed E-state index contributed by atoms with van der Waals surface area (Å²) in [4.78, 5) is 14.8. The summed E-state index contributed by atoms with van der Waals surface area (Å²) in [7, 11) is 0. The molecule has 0 unspecified atom stereocenters. The largest absolute Gasteiger partial charge is 0.477 e. The van der Waals surface area contributed by atoms with E-state index in [9.17, 15) is 4.79 Å². The Balaban J connectivity index is 1.69. The number of aromatic nitrogens is 1. The molecule has 0 atom stereocenters. The molecule has 1 saturated carbocycles. The fourth-order valence-electron chi connectivity index (χ4n) is 2.34. The van der Waals surface area contributed by atoms with Crippen LogP contribution in [0.3, 0.4) is 0 Å². The minimum atomic E-state index is -0.998. The minimum Gasteiger partial charge on any atom is -0.477 e. The molecule has 0 bridgehead atoms. The normalized spacial score (nSPS) is 21.7. The molecule has 0 aromatic carbocycles. The molecule has 1 fully saturated rings. The van der Waals surface area contributed by atoms with Crippen molar-refractivity contribution in [2.75, 3.05) is 18.5 Å². The third-order valence-corrected chi connectivity index (χ3v) is 3.42. The molecule has 104 valence electrons. The first kappa shape index (κ1) is 13.8. The molecular formula is C14H20N2O3. The predicted octanol–water partition coefficient (Wildman–Crippen LogP) is 2.40. The molecular weight excluding hydrogens is 244 g/mol. The fourth-order valence-corrected chi connectivity index (χ4v) is 2.34. The highest BCUT2D eigenvalue weighted by Crippen LogP contribution is 2.32.